The lowest BCUT2D eigenvalue weighted by Crippen LogP contribution is -2.51. The molecule has 0 unspecified atom stereocenters. The summed E-state index contributed by atoms with van der Waals surface area (Å²) in [6.07, 6.45) is 0.811. The van der Waals surface area contributed by atoms with Crippen molar-refractivity contribution in [3.8, 4) is 0 Å². The predicted molar refractivity (Wildman–Crippen MR) is 120 cm³/mol. The Bertz CT molecular complexity index is 1230. The fourth-order valence-electron chi connectivity index (χ4n) is 4.09. The molecule has 0 aliphatic carbocycles. The summed E-state index contributed by atoms with van der Waals surface area (Å²) in [5.41, 5.74) is 1.26. The van der Waals surface area contributed by atoms with E-state index >= 15 is 0 Å². The largest absolute Gasteiger partial charge is 0.338 e. The Labute approximate surface area is 189 Å². The third-order valence-corrected chi connectivity index (χ3v) is 5.98. The molecule has 1 saturated heterocycles. The minimum Gasteiger partial charge on any atom is -0.338 e. The molecule has 1 aliphatic rings. The molecule has 4 rings (SSSR count). The van der Waals surface area contributed by atoms with Crippen LogP contribution in [0.3, 0.4) is 0 Å². The van der Waals surface area contributed by atoms with Crippen molar-refractivity contribution < 1.29 is 14.0 Å². The quantitative estimate of drug-likeness (QED) is 0.590. The van der Waals surface area contributed by atoms with Crippen LogP contribution in [0, 0.1) is 5.82 Å². The molecule has 0 saturated carbocycles. The summed E-state index contributed by atoms with van der Waals surface area (Å²) in [6, 6.07) is 11.3. The summed E-state index contributed by atoms with van der Waals surface area (Å²) >= 11 is 5.90. The minimum absolute atomic E-state index is 0.0626. The maximum atomic E-state index is 14.0. The number of carbonyl (C=O) groups is 2. The minimum atomic E-state index is -0.624. The van der Waals surface area contributed by atoms with Gasteiger partial charge >= 0.3 is 5.69 Å². The zero-order valence-corrected chi connectivity index (χ0v) is 18.5. The Balaban J connectivity index is 1.46. The summed E-state index contributed by atoms with van der Waals surface area (Å²) in [7, 11) is 0. The van der Waals surface area contributed by atoms with Gasteiger partial charge in [0.2, 0.25) is 5.91 Å². The van der Waals surface area contributed by atoms with Gasteiger partial charge in [-0.1, -0.05) is 30.7 Å². The second-order valence-corrected chi connectivity index (χ2v) is 8.24. The second kappa shape index (κ2) is 9.16. The first kappa shape index (κ1) is 22.1. The Morgan fingerprint density at radius 1 is 0.969 bits per heavy atom. The van der Waals surface area contributed by atoms with Crippen molar-refractivity contribution in [3.05, 3.63) is 69.4 Å². The van der Waals surface area contributed by atoms with Gasteiger partial charge in [0.1, 0.15) is 12.4 Å². The summed E-state index contributed by atoms with van der Waals surface area (Å²) in [6.45, 7) is 3.71. The van der Waals surface area contributed by atoms with Gasteiger partial charge in [-0.3, -0.25) is 18.7 Å². The lowest BCUT2D eigenvalue weighted by Gasteiger charge is -2.35. The normalized spacial score (nSPS) is 14.2. The van der Waals surface area contributed by atoms with Crippen LogP contribution in [0.2, 0.25) is 5.02 Å². The van der Waals surface area contributed by atoms with Gasteiger partial charge in [-0.2, -0.15) is 0 Å². The van der Waals surface area contributed by atoms with Crippen molar-refractivity contribution in [1.82, 2.24) is 18.9 Å². The SMILES string of the molecule is CCCn1c(=O)n(CC(=O)N2CCN(C(=O)c3cc(Cl)ccc3F)CC2)c2ccccc21. The molecule has 1 fully saturated rings. The van der Waals surface area contributed by atoms with Crippen LogP contribution in [0.1, 0.15) is 23.7 Å². The van der Waals surface area contributed by atoms with Gasteiger partial charge in [0, 0.05) is 37.7 Å². The summed E-state index contributed by atoms with van der Waals surface area (Å²) in [4.78, 5) is 41.7. The molecular formula is C23H24ClFN4O3. The number of fused-ring (bicyclic) bond motifs is 1. The zero-order chi connectivity index (χ0) is 22.8. The van der Waals surface area contributed by atoms with Crippen molar-refractivity contribution in [2.24, 2.45) is 0 Å². The van der Waals surface area contributed by atoms with Crippen molar-refractivity contribution >= 4 is 34.4 Å². The van der Waals surface area contributed by atoms with Crippen molar-refractivity contribution in [3.63, 3.8) is 0 Å². The number of piperazine rings is 1. The second-order valence-electron chi connectivity index (χ2n) is 7.81. The first-order valence-corrected chi connectivity index (χ1v) is 11.0. The van der Waals surface area contributed by atoms with Crippen LogP contribution in [0.5, 0.6) is 0 Å². The number of aryl methyl sites for hydroxylation is 1. The van der Waals surface area contributed by atoms with Crippen molar-refractivity contribution in [1.29, 1.82) is 0 Å². The van der Waals surface area contributed by atoms with Crippen molar-refractivity contribution in [2.75, 3.05) is 26.2 Å². The van der Waals surface area contributed by atoms with Crippen molar-refractivity contribution in [2.45, 2.75) is 26.4 Å². The molecule has 3 aromatic rings. The lowest BCUT2D eigenvalue weighted by atomic mass is 10.1. The van der Waals surface area contributed by atoms with E-state index in [2.05, 4.69) is 0 Å². The standard InChI is InChI=1S/C23H24ClFN4O3/c1-2-9-28-19-5-3-4-6-20(19)29(23(28)32)15-21(30)26-10-12-27(13-11-26)22(31)17-14-16(24)7-8-18(17)25/h3-8,14H,2,9-13,15H2,1H3. The van der Waals surface area contributed by atoms with E-state index in [1.165, 1.54) is 27.7 Å². The molecule has 0 bridgehead atoms. The highest BCUT2D eigenvalue weighted by atomic mass is 35.5. The number of halogens is 2. The van der Waals surface area contributed by atoms with Crippen LogP contribution in [-0.4, -0.2) is 56.9 Å². The Morgan fingerprint density at radius 2 is 1.59 bits per heavy atom. The van der Waals surface area contributed by atoms with E-state index in [9.17, 15) is 18.8 Å². The predicted octanol–water partition coefficient (Wildman–Crippen LogP) is 2.99. The van der Waals surface area contributed by atoms with Gasteiger partial charge in [-0.15, -0.1) is 0 Å². The number of aromatic nitrogens is 2. The van der Waals surface area contributed by atoms with E-state index in [1.54, 1.807) is 9.47 Å². The highest BCUT2D eigenvalue weighted by Gasteiger charge is 2.27. The summed E-state index contributed by atoms with van der Waals surface area (Å²) in [5.74, 6) is -1.26. The monoisotopic (exact) mass is 458 g/mol. The number of hydrogen-bond donors (Lipinski definition) is 0. The molecule has 2 heterocycles. The van der Waals surface area contributed by atoms with E-state index in [-0.39, 0.29) is 41.8 Å². The Morgan fingerprint density at radius 3 is 2.25 bits per heavy atom. The fraction of sp³-hybridized carbons (Fsp3) is 0.348. The average Bonchev–Trinajstić information content (AvgIpc) is 3.06. The van der Waals surface area contributed by atoms with Gasteiger partial charge in [0.15, 0.2) is 0 Å². The topological polar surface area (TPSA) is 67.6 Å². The molecule has 9 heteroatoms. The van der Waals surface area contributed by atoms with E-state index in [1.807, 2.05) is 31.2 Å². The highest BCUT2D eigenvalue weighted by molar-refractivity contribution is 6.31. The Hall–Kier alpha value is -3.13. The first-order valence-electron chi connectivity index (χ1n) is 10.6. The van der Waals surface area contributed by atoms with Crippen LogP contribution in [-0.2, 0) is 17.9 Å². The van der Waals surface area contributed by atoms with Crippen LogP contribution in [0.25, 0.3) is 11.0 Å². The maximum absolute atomic E-state index is 14.0. The van der Waals surface area contributed by atoms with E-state index in [0.29, 0.717) is 19.6 Å². The van der Waals surface area contributed by atoms with Crippen LogP contribution < -0.4 is 5.69 Å². The first-order chi connectivity index (χ1) is 15.4. The number of para-hydroxylation sites is 2. The molecule has 168 valence electrons. The van der Waals surface area contributed by atoms with E-state index in [0.717, 1.165) is 17.5 Å². The van der Waals surface area contributed by atoms with Crippen LogP contribution in [0.4, 0.5) is 4.39 Å². The number of rotatable bonds is 5. The smallest absolute Gasteiger partial charge is 0.329 e. The number of benzene rings is 2. The number of nitrogens with zero attached hydrogens (tertiary/aromatic N) is 4. The molecule has 0 radical (unpaired) electrons. The molecular weight excluding hydrogens is 435 g/mol. The molecule has 7 nitrogen and oxygen atoms in total. The van der Waals surface area contributed by atoms with E-state index < -0.39 is 11.7 Å². The summed E-state index contributed by atoms with van der Waals surface area (Å²) < 4.78 is 17.2. The van der Waals surface area contributed by atoms with Gasteiger partial charge in [-0.05, 0) is 36.8 Å². The molecule has 1 aromatic heterocycles. The number of hydrogen-bond acceptors (Lipinski definition) is 3. The number of amides is 2. The average molecular weight is 459 g/mol. The van der Waals surface area contributed by atoms with Crippen LogP contribution in [0.15, 0.2) is 47.3 Å². The lowest BCUT2D eigenvalue weighted by molar-refractivity contribution is -0.133. The van der Waals surface area contributed by atoms with Crippen LogP contribution >= 0.6 is 11.6 Å². The van der Waals surface area contributed by atoms with Gasteiger partial charge in [0.25, 0.3) is 5.91 Å². The van der Waals surface area contributed by atoms with Gasteiger partial charge in [0.05, 0.1) is 16.6 Å². The molecule has 2 aromatic carbocycles. The maximum Gasteiger partial charge on any atom is 0.329 e. The zero-order valence-electron chi connectivity index (χ0n) is 17.8. The molecule has 0 N–H and O–H groups in total. The highest BCUT2D eigenvalue weighted by Crippen LogP contribution is 2.18. The molecule has 32 heavy (non-hydrogen) atoms. The fourth-order valence-corrected chi connectivity index (χ4v) is 4.26. The number of carbonyl (C=O) groups excluding carboxylic acids is 2. The number of imidazole rings is 1. The van der Waals surface area contributed by atoms with Gasteiger partial charge < -0.3 is 9.80 Å². The Kier molecular flexibility index (Phi) is 6.32. The third kappa shape index (κ3) is 4.14. The third-order valence-electron chi connectivity index (χ3n) is 5.74. The molecule has 1 aliphatic heterocycles. The van der Waals surface area contributed by atoms with Gasteiger partial charge in [-0.25, -0.2) is 9.18 Å². The molecule has 0 spiro atoms. The molecule has 2 amide bonds. The van der Waals surface area contributed by atoms with E-state index in [4.69, 9.17) is 11.6 Å². The molecule has 0 atom stereocenters. The summed E-state index contributed by atoms with van der Waals surface area (Å²) in [5, 5.41) is 0.288.